The first kappa shape index (κ1) is 6.93. The molecule has 0 aliphatic heterocycles. The van der Waals surface area contributed by atoms with Gasteiger partial charge in [0.05, 0.1) is 0 Å². The third-order valence-electron chi connectivity index (χ3n) is 1.65. The van der Waals surface area contributed by atoms with Gasteiger partial charge in [-0.1, -0.05) is 0 Å². The van der Waals surface area contributed by atoms with Crippen LogP contribution in [0.1, 0.15) is 20.3 Å². The summed E-state index contributed by atoms with van der Waals surface area (Å²) in [5.74, 6) is 0.0362. The lowest BCUT2D eigenvalue weighted by molar-refractivity contribution is -0.119. The molecular weight excluding hydrogens is 134 g/mol. The van der Waals surface area contributed by atoms with Gasteiger partial charge in [-0.05, 0) is 13.3 Å². The molecular formula is C6H11NOS. The van der Waals surface area contributed by atoms with Gasteiger partial charge in [0.1, 0.15) is 0 Å². The van der Waals surface area contributed by atoms with Gasteiger partial charge in [0.25, 0.3) is 0 Å². The van der Waals surface area contributed by atoms with E-state index in [-0.39, 0.29) is 11.4 Å². The molecule has 0 radical (unpaired) electrons. The van der Waals surface area contributed by atoms with E-state index in [9.17, 15) is 4.79 Å². The molecule has 3 heteroatoms. The van der Waals surface area contributed by atoms with Crippen LogP contribution in [0, 0.1) is 0 Å². The van der Waals surface area contributed by atoms with Crippen LogP contribution in [0.25, 0.3) is 0 Å². The summed E-state index contributed by atoms with van der Waals surface area (Å²) in [4.78, 5) is 10.5. The predicted octanol–water partition coefficient (Wildman–Crippen LogP) is 0.583. The highest BCUT2D eigenvalue weighted by Gasteiger charge is 2.48. The van der Waals surface area contributed by atoms with E-state index in [1.165, 1.54) is 6.92 Å². The van der Waals surface area contributed by atoms with Gasteiger partial charge in [0.15, 0.2) is 0 Å². The van der Waals surface area contributed by atoms with Gasteiger partial charge in [-0.2, -0.15) is 12.6 Å². The van der Waals surface area contributed by atoms with Crippen LogP contribution in [0.5, 0.6) is 0 Å². The molecule has 1 N–H and O–H groups in total. The summed E-state index contributed by atoms with van der Waals surface area (Å²) in [5, 5.41) is 3.19. The van der Waals surface area contributed by atoms with Gasteiger partial charge >= 0.3 is 0 Å². The zero-order valence-electron chi connectivity index (χ0n) is 5.64. The molecule has 9 heavy (non-hydrogen) atoms. The number of rotatable bonds is 1. The zero-order valence-corrected chi connectivity index (χ0v) is 6.53. The smallest absolute Gasteiger partial charge is 0.217 e. The first-order valence-electron chi connectivity index (χ1n) is 3.01. The van der Waals surface area contributed by atoms with Crippen LogP contribution >= 0.6 is 12.6 Å². The molecule has 0 bridgehead atoms. The molecule has 0 heterocycles. The summed E-state index contributed by atoms with van der Waals surface area (Å²) >= 11 is 4.22. The third-order valence-corrected chi connectivity index (χ3v) is 2.41. The molecule has 0 aromatic rings. The molecule has 1 fully saturated rings. The fraction of sp³-hybridized carbons (Fsp3) is 0.833. The molecule has 2 atom stereocenters. The number of hydrogen-bond donors (Lipinski definition) is 2. The molecule has 1 saturated carbocycles. The van der Waals surface area contributed by atoms with E-state index in [0.717, 1.165) is 6.42 Å². The number of amides is 1. The SMILES string of the molecule is CC(=O)NC1(C)CC1S. The summed E-state index contributed by atoms with van der Waals surface area (Å²) in [6.45, 7) is 3.54. The van der Waals surface area contributed by atoms with E-state index in [4.69, 9.17) is 0 Å². The van der Waals surface area contributed by atoms with Gasteiger partial charge < -0.3 is 5.32 Å². The lowest BCUT2D eigenvalue weighted by Crippen LogP contribution is -2.34. The van der Waals surface area contributed by atoms with Gasteiger partial charge in [-0.15, -0.1) is 0 Å². The maximum absolute atomic E-state index is 10.5. The van der Waals surface area contributed by atoms with Crippen LogP contribution in [0.15, 0.2) is 0 Å². The Morgan fingerprint density at radius 3 is 2.44 bits per heavy atom. The number of thiol groups is 1. The predicted molar refractivity (Wildman–Crippen MR) is 39.6 cm³/mol. The van der Waals surface area contributed by atoms with Crippen molar-refractivity contribution in [1.29, 1.82) is 0 Å². The normalized spacial score (nSPS) is 40.1. The molecule has 2 nitrogen and oxygen atoms in total. The maximum Gasteiger partial charge on any atom is 0.217 e. The van der Waals surface area contributed by atoms with Crippen molar-refractivity contribution in [3.05, 3.63) is 0 Å². The van der Waals surface area contributed by atoms with E-state index >= 15 is 0 Å². The monoisotopic (exact) mass is 145 g/mol. The number of carbonyl (C=O) groups excluding carboxylic acids is 1. The van der Waals surface area contributed by atoms with Crippen LogP contribution in [-0.4, -0.2) is 16.7 Å². The molecule has 1 aliphatic rings. The van der Waals surface area contributed by atoms with E-state index in [0.29, 0.717) is 5.25 Å². The summed E-state index contributed by atoms with van der Waals surface area (Å²) in [5.41, 5.74) is -0.00502. The molecule has 0 aromatic carbocycles. The van der Waals surface area contributed by atoms with Crippen molar-refractivity contribution in [3.8, 4) is 0 Å². The second-order valence-electron chi connectivity index (χ2n) is 2.82. The highest BCUT2D eigenvalue weighted by molar-refractivity contribution is 7.81. The van der Waals surface area contributed by atoms with Crippen molar-refractivity contribution in [2.24, 2.45) is 0 Å². The molecule has 1 aliphatic carbocycles. The summed E-state index contributed by atoms with van der Waals surface area (Å²) < 4.78 is 0. The van der Waals surface area contributed by atoms with Crippen molar-refractivity contribution in [2.75, 3.05) is 0 Å². The van der Waals surface area contributed by atoms with Crippen molar-refractivity contribution in [3.63, 3.8) is 0 Å². The highest BCUT2D eigenvalue weighted by atomic mass is 32.1. The summed E-state index contributed by atoms with van der Waals surface area (Å²) in [6.07, 6.45) is 0.996. The number of carbonyl (C=O) groups is 1. The Morgan fingerprint density at radius 1 is 1.89 bits per heavy atom. The van der Waals surface area contributed by atoms with Crippen molar-refractivity contribution < 1.29 is 4.79 Å². The van der Waals surface area contributed by atoms with Crippen molar-refractivity contribution >= 4 is 18.5 Å². The highest BCUT2D eigenvalue weighted by Crippen LogP contribution is 2.39. The Morgan fingerprint density at radius 2 is 2.33 bits per heavy atom. The van der Waals surface area contributed by atoms with Crippen LogP contribution in [0.3, 0.4) is 0 Å². The van der Waals surface area contributed by atoms with E-state index < -0.39 is 0 Å². The van der Waals surface area contributed by atoms with Crippen LogP contribution < -0.4 is 5.32 Å². The largest absolute Gasteiger partial charge is 0.350 e. The summed E-state index contributed by atoms with van der Waals surface area (Å²) in [6, 6.07) is 0. The standard InChI is InChI=1S/C6H11NOS/c1-4(8)7-6(2)3-5(6)9/h5,9H,3H2,1-2H3,(H,7,8). The minimum atomic E-state index is -0.00502. The Bertz CT molecular complexity index is 148. The van der Waals surface area contributed by atoms with Crippen LogP contribution in [0.2, 0.25) is 0 Å². The molecule has 0 aromatic heterocycles. The molecule has 0 spiro atoms. The summed E-state index contributed by atoms with van der Waals surface area (Å²) in [7, 11) is 0. The Hall–Kier alpha value is -0.180. The lowest BCUT2D eigenvalue weighted by atomic mass is 10.3. The van der Waals surface area contributed by atoms with Gasteiger partial charge in [-0.25, -0.2) is 0 Å². The zero-order chi connectivity index (χ0) is 7.07. The second kappa shape index (κ2) is 1.90. The fourth-order valence-electron chi connectivity index (χ4n) is 0.879. The minimum Gasteiger partial charge on any atom is -0.350 e. The number of nitrogens with one attached hydrogen (secondary N) is 1. The van der Waals surface area contributed by atoms with Crippen LogP contribution in [0.4, 0.5) is 0 Å². The Balaban J connectivity index is 2.37. The lowest BCUT2D eigenvalue weighted by Gasteiger charge is -2.08. The van der Waals surface area contributed by atoms with E-state index in [1.54, 1.807) is 0 Å². The van der Waals surface area contributed by atoms with Gasteiger partial charge in [0.2, 0.25) is 5.91 Å². The molecule has 1 rings (SSSR count). The first-order chi connectivity index (χ1) is 4.04. The van der Waals surface area contributed by atoms with Crippen molar-refractivity contribution in [1.82, 2.24) is 5.32 Å². The third kappa shape index (κ3) is 1.39. The molecule has 52 valence electrons. The topological polar surface area (TPSA) is 29.1 Å². The average Bonchev–Trinajstić information content (AvgIpc) is 2.10. The second-order valence-corrected chi connectivity index (χ2v) is 3.44. The van der Waals surface area contributed by atoms with Gasteiger partial charge in [-0.3, -0.25) is 4.79 Å². The molecule has 1 amide bonds. The average molecular weight is 145 g/mol. The maximum atomic E-state index is 10.5. The van der Waals surface area contributed by atoms with E-state index in [2.05, 4.69) is 17.9 Å². The number of hydrogen-bond acceptors (Lipinski definition) is 2. The Kier molecular flexibility index (Phi) is 1.47. The first-order valence-corrected chi connectivity index (χ1v) is 3.53. The quantitative estimate of drug-likeness (QED) is 0.519. The van der Waals surface area contributed by atoms with Crippen molar-refractivity contribution in [2.45, 2.75) is 31.1 Å². The minimum absolute atomic E-state index is 0.00502. The molecule has 0 saturated heterocycles. The van der Waals surface area contributed by atoms with E-state index in [1.807, 2.05) is 6.92 Å². The van der Waals surface area contributed by atoms with Gasteiger partial charge in [0, 0.05) is 17.7 Å². The Labute approximate surface area is 60.4 Å². The van der Waals surface area contributed by atoms with Crippen LogP contribution in [-0.2, 0) is 4.79 Å². The fourth-order valence-corrected chi connectivity index (χ4v) is 1.32. The molecule has 2 unspecified atom stereocenters.